The third-order valence-electron chi connectivity index (χ3n) is 13.1. The van der Waals surface area contributed by atoms with Gasteiger partial charge in [-0.3, -0.25) is 0 Å². The Balaban J connectivity index is 1.35. The monoisotopic (exact) mass is 956 g/mol. The first kappa shape index (κ1) is 49.4. The molecule has 0 atom stereocenters. The molecular formula is C71H48N4. The number of benzene rings is 9. The maximum atomic E-state index is 10.00. The molecule has 75 heavy (non-hydrogen) atoms. The molecule has 0 radical (unpaired) electrons. The molecule has 9 rings (SSSR count). The Kier molecular flexibility index (Phi) is 15.2. The van der Waals surface area contributed by atoms with Crippen molar-refractivity contribution in [1.29, 1.82) is 21.0 Å². The van der Waals surface area contributed by atoms with Gasteiger partial charge in [0.1, 0.15) is 0 Å². The number of allylic oxidation sites excluding steroid dienone is 8. The molecule has 0 aromatic heterocycles. The molecule has 0 aliphatic rings. The summed E-state index contributed by atoms with van der Waals surface area (Å²) in [6.45, 7) is 3.85. The van der Waals surface area contributed by atoms with E-state index in [0.29, 0.717) is 22.3 Å². The van der Waals surface area contributed by atoms with Crippen molar-refractivity contribution >= 4 is 11.1 Å². The molecular weight excluding hydrogens is 909 g/mol. The van der Waals surface area contributed by atoms with Crippen molar-refractivity contribution in [3.05, 3.63) is 264 Å². The van der Waals surface area contributed by atoms with Gasteiger partial charge in [0.2, 0.25) is 0 Å². The van der Waals surface area contributed by atoms with Crippen LogP contribution >= 0.6 is 0 Å². The Morgan fingerprint density at radius 1 is 0.427 bits per heavy atom. The molecule has 9 aromatic rings. The van der Waals surface area contributed by atoms with Crippen molar-refractivity contribution < 1.29 is 0 Å². The fourth-order valence-electron chi connectivity index (χ4n) is 9.21. The predicted octanol–water partition coefficient (Wildman–Crippen LogP) is 18.1. The summed E-state index contributed by atoms with van der Waals surface area (Å²) in [6.07, 6.45) is 15.8. The van der Waals surface area contributed by atoms with Crippen LogP contribution in [0.25, 0.3) is 100 Å². The van der Waals surface area contributed by atoms with Gasteiger partial charge in [-0.1, -0.05) is 133 Å². The number of hydrogen-bond acceptors (Lipinski definition) is 4. The highest BCUT2D eigenvalue weighted by molar-refractivity contribution is 5.91. The Bertz CT molecular complexity index is 3900. The standard InChI is InChI=1S/C71H48N4/c1-4-50(46-73)30-53(5-2)61-34-60(49(3)18-9-8-14-29-72)35-66(36-61)69-43-70(67-38-62(55-23-12-7-13-24-55)37-65(42-67)59-28-17-27-58(33-59)54-21-10-6-11-22-54)45-71(44-69)68-40-63(56-25-15-19-51(31-56)47-74)39-64(41-68)57-26-16-20-52(32-57)48-75/h2,4,6-13,15-28,30-45H,14H2,1,3H3/b9-8-,49-18+,50-4+,53-30+. The molecule has 0 saturated heterocycles. The zero-order chi connectivity index (χ0) is 52.1. The maximum Gasteiger partial charge on any atom is 0.0991 e. The van der Waals surface area contributed by atoms with E-state index >= 15 is 0 Å². The van der Waals surface area contributed by atoms with Gasteiger partial charge in [0.15, 0.2) is 0 Å². The van der Waals surface area contributed by atoms with E-state index in [1.807, 2.05) is 86.7 Å². The van der Waals surface area contributed by atoms with Crippen LogP contribution in [0.4, 0.5) is 0 Å². The van der Waals surface area contributed by atoms with Gasteiger partial charge in [0, 0.05) is 11.1 Å². The van der Waals surface area contributed by atoms with Crippen molar-refractivity contribution in [2.24, 2.45) is 0 Å². The van der Waals surface area contributed by atoms with Crippen molar-refractivity contribution in [1.82, 2.24) is 0 Å². The van der Waals surface area contributed by atoms with Crippen LogP contribution in [0.3, 0.4) is 0 Å². The highest BCUT2D eigenvalue weighted by Crippen LogP contribution is 2.41. The number of rotatable bonds is 13. The van der Waals surface area contributed by atoms with E-state index in [2.05, 4.69) is 170 Å². The quantitative estimate of drug-likeness (QED) is 0.0653. The Morgan fingerprint density at radius 2 is 0.800 bits per heavy atom. The SMILES string of the molecule is C#C/C(=C\C(C#N)=C/C)c1cc(/C(C)=C/C=C\CC#N)cc(-c2cc(-c3cc(-c4cccc(C#N)c4)cc(-c4cccc(C#N)c4)c3)cc(-c3cc(-c4ccccc4)cc(-c4cccc(-c5ccccc5)c4)c3)c2)c1. The summed E-state index contributed by atoms with van der Waals surface area (Å²) in [7, 11) is 0. The normalized spacial score (nSPS) is 11.5. The molecule has 0 bridgehead atoms. The summed E-state index contributed by atoms with van der Waals surface area (Å²) in [5.74, 6) is 2.87. The van der Waals surface area contributed by atoms with E-state index in [9.17, 15) is 21.0 Å². The van der Waals surface area contributed by atoms with Crippen LogP contribution in [-0.4, -0.2) is 0 Å². The summed E-state index contributed by atoms with van der Waals surface area (Å²) in [6, 6.07) is 80.1. The molecule has 0 N–H and O–H groups in total. The predicted molar refractivity (Wildman–Crippen MR) is 309 cm³/mol. The van der Waals surface area contributed by atoms with E-state index < -0.39 is 0 Å². The van der Waals surface area contributed by atoms with E-state index in [1.54, 1.807) is 24.3 Å². The number of nitriles is 4. The fraction of sp³-hybridized carbons (Fsp3) is 0.0423. The van der Waals surface area contributed by atoms with E-state index in [1.165, 1.54) is 0 Å². The minimum absolute atomic E-state index is 0.289. The molecule has 0 unspecified atom stereocenters. The van der Waals surface area contributed by atoms with E-state index in [-0.39, 0.29) is 6.42 Å². The average Bonchev–Trinajstić information content (AvgIpc) is 3.48. The summed E-state index contributed by atoms with van der Waals surface area (Å²) in [5.41, 5.74) is 20.6. The molecule has 0 fully saturated rings. The number of nitrogens with zero attached hydrogens (tertiary/aromatic N) is 4. The first-order valence-electron chi connectivity index (χ1n) is 24.6. The zero-order valence-corrected chi connectivity index (χ0v) is 41.6. The van der Waals surface area contributed by atoms with Crippen LogP contribution in [0.15, 0.2) is 242 Å². The molecule has 0 heterocycles. The lowest BCUT2D eigenvalue weighted by molar-refractivity contribution is 1.35. The van der Waals surface area contributed by atoms with Crippen molar-refractivity contribution in [2.75, 3.05) is 0 Å². The van der Waals surface area contributed by atoms with Gasteiger partial charge < -0.3 is 0 Å². The lowest BCUT2D eigenvalue weighted by Crippen LogP contribution is -1.93. The second-order valence-corrected chi connectivity index (χ2v) is 18.1. The van der Waals surface area contributed by atoms with Crippen LogP contribution in [-0.2, 0) is 0 Å². The fourth-order valence-corrected chi connectivity index (χ4v) is 9.21. The van der Waals surface area contributed by atoms with E-state index in [0.717, 1.165) is 106 Å². The van der Waals surface area contributed by atoms with Crippen LogP contribution in [0.5, 0.6) is 0 Å². The van der Waals surface area contributed by atoms with Gasteiger partial charge >= 0.3 is 0 Å². The van der Waals surface area contributed by atoms with Crippen LogP contribution in [0.2, 0.25) is 0 Å². The topological polar surface area (TPSA) is 95.2 Å². The first-order valence-corrected chi connectivity index (χ1v) is 24.6. The van der Waals surface area contributed by atoms with Crippen molar-refractivity contribution in [3.8, 4) is 126 Å². The third-order valence-corrected chi connectivity index (χ3v) is 13.1. The highest BCUT2D eigenvalue weighted by Gasteiger charge is 2.17. The van der Waals surface area contributed by atoms with Gasteiger partial charge in [-0.05, 0) is 229 Å². The lowest BCUT2D eigenvalue weighted by atomic mass is 9.87. The zero-order valence-electron chi connectivity index (χ0n) is 41.6. The van der Waals surface area contributed by atoms with Crippen LogP contribution in [0, 0.1) is 57.7 Å². The average molecular weight is 957 g/mol. The minimum atomic E-state index is 0.289. The minimum Gasteiger partial charge on any atom is -0.198 e. The summed E-state index contributed by atoms with van der Waals surface area (Å²) < 4.78 is 0. The van der Waals surface area contributed by atoms with Gasteiger partial charge in [0.25, 0.3) is 0 Å². The smallest absolute Gasteiger partial charge is 0.0991 e. The molecule has 9 aromatic carbocycles. The molecule has 0 spiro atoms. The number of hydrogen-bond donors (Lipinski definition) is 0. The molecule has 0 aliphatic carbocycles. The lowest BCUT2D eigenvalue weighted by Gasteiger charge is -2.17. The van der Waals surface area contributed by atoms with Crippen molar-refractivity contribution in [2.45, 2.75) is 20.3 Å². The van der Waals surface area contributed by atoms with Gasteiger partial charge in [-0.2, -0.15) is 21.0 Å². The summed E-state index contributed by atoms with van der Waals surface area (Å²) in [5, 5.41) is 39.2. The summed E-state index contributed by atoms with van der Waals surface area (Å²) >= 11 is 0. The third kappa shape index (κ3) is 11.6. The largest absolute Gasteiger partial charge is 0.198 e. The molecule has 352 valence electrons. The molecule has 0 aliphatic heterocycles. The van der Waals surface area contributed by atoms with Gasteiger partial charge in [0.05, 0.1) is 41.8 Å². The first-order chi connectivity index (χ1) is 36.7. The van der Waals surface area contributed by atoms with Crippen LogP contribution < -0.4 is 0 Å². The second-order valence-electron chi connectivity index (χ2n) is 18.1. The summed E-state index contributed by atoms with van der Waals surface area (Å²) in [4.78, 5) is 0. The Hall–Kier alpha value is -10.5. The Labute approximate surface area is 440 Å². The highest BCUT2D eigenvalue weighted by atomic mass is 14.3. The molecule has 4 nitrogen and oxygen atoms in total. The molecule has 4 heteroatoms. The maximum absolute atomic E-state index is 10.00. The van der Waals surface area contributed by atoms with Gasteiger partial charge in [-0.15, -0.1) is 6.42 Å². The molecule has 0 saturated carbocycles. The number of terminal acetylenes is 1. The van der Waals surface area contributed by atoms with E-state index in [4.69, 9.17) is 6.42 Å². The van der Waals surface area contributed by atoms with Crippen LogP contribution in [0.1, 0.15) is 42.5 Å². The Morgan fingerprint density at radius 3 is 1.24 bits per heavy atom. The second kappa shape index (κ2) is 23.1. The van der Waals surface area contributed by atoms with Gasteiger partial charge in [-0.25, -0.2) is 0 Å². The van der Waals surface area contributed by atoms with Crippen molar-refractivity contribution in [3.63, 3.8) is 0 Å². The molecule has 0 amide bonds.